The minimum Gasteiger partial charge on any atom is -0.497 e. The van der Waals surface area contributed by atoms with Crippen LogP contribution in [0.5, 0.6) is 5.75 Å². The van der Waals surface area contributed by atoms with Crippen LogP contribution in [-0.4, -0.2) is 82.6 Å². The van der Waals surface area contributed by atoms with E-state index in [-0.39, 0.29) is 5.02 Å². The van der Waals surface area contributed by atoms with Gasteiger partial charge in [-0.05, 0) is 60.3 Å². The van der Waals surface area contributed by atoms with Crippen LogP contribution >= 0.6 is 11.6 Å². The molecule has 0 aliphatic carbocycles. The highest BCUT2D eigenvalue weighted by Gasteiger charge is 2.51. The highest BCUT2D eigenvalue weighted by atomic mass is 35.5. The molecule has 2 aromatic rings. The smallest absolute Gasteiger partial charge is 0.450 e. The van der Waals surface area contributed by atoms with Crippen molar-refractivity contribution in [3.05, 3.63) is 64.7 Å². The molecule has 1 amide bonds. The van der Waals surface area contributed by atoms with Gasteiger partial charge in [0.2, 0.25) is 17.5 Å². The van der Waals surface area contributed by atoms with E-state index in [1.165, 1.54) is 57.4 Å². The third kappa shape index (κ3) is 11.4. The molecular formula is C38H49ClF5NO8SSi. The van der Waals surface area contributed by atoms with Crippen molar-refractivity contribution in [3.63, 3.8) is 0 Å². The van der Waals surface area contributed by atoms with Crippen molar-refractivity contribution < 1.29 is 58.7 Å². The maximum atomic E-state index is 15.6. The highest BCUT2D eigenvalue weighted by molar-refractivity contribution is 7.91. The van der Waals surface area contributed by atoms with Crippen LogP contribution in [0, 0.1) is 17.8 Å². The van der Waals surface area contributed by atoms with Crippen LogP contribution in [0.4, 0.5) is 22.0 Å². The first-order chi connectivity index (χ1) is 25.1. The Morgan fingerprint density at radius 3 is 2.07 bits per heavy atom. The Morgan fingerprint density at radius 1 is 0.964 bits per heavy atom. The van der Waals surface area contributed by atoms with Gasteiger partial charge in [-0.2, -0.15) is 22.0 Å². The number of rotatable bonds is 17. The summed E-state index contributed by atoms with van der Waals surface area (Å²) in [7, 11) is -5.47. The predicted molar refractivity (Wildman–Crippen MR) is 200 cm³/mol. The summed E-state index contributed by atoms with van der Waals surface area (Å²) in [6, 6.07) is 8.90. The molecule has 0 spiro atoms. The van der Waals surface area contributed by atoms with Crippen molar-refractivity contribution in [1.82, 2.24) is 4.90 Å². The number of amides is 1. The van der Waals surface area contributed by atoms with Gasteiger partial charge in [0.25, 0.3) is 0 Å². The molecule has 0 saturated carbocycles. The Balaban J connectivity index is 2.08. The van der Waals surface area contributed by atoms with Gasteiger partial charge in [0.15, 0.2) is 23.9 Å². The monoisotopic (exact) mass is 837 g/mol. The molecule has 2 aromatic carbocycles. The fourth-order valence-electron chi connectivity index (χ4n) is 6.05. The van der Waals surface area contributed by atoms with Gasteiger partial charge >= 0.3 is 12.1 Å². The predicted octanol–water partition coefficient (Wildman–Crippen LogP) is 7.98. The van der Waals surface area contributed by atoms with Gasteiger partial charge in [0.1, 0.15) is 5.75 Å². The Morgan fingerprint density at radius 2 is 1.56 bits per heavy atom. The van der Waals surface area contributed by atoms with Gasteiger partial charge in [-0.25, -0.2) is 8.42 Å². The average molecular weight is 838 g/mol. The molecule has 0 radical (unpaired) electrons. The number of ketones is 3. The van der Waals surface area contributed by atoms with Crippen LogP contribution < -0.4 is 4.74 Å². The molecule has 55 heavy (non-hydrogen) atoms. The van der Waals surface area contributed by atoms with Crippen LogP contribution in [0.2, 0.25) is 23.2 Å². The molecule has 3 rings (SSSR count). The second-order valence-electron chi connectivity index (χ2n) is 15.9. The van der Waals surface area contributed by atoms with Gasteiger partial charge in [0.05, 0.1) is 30.1 Å². The number of nitrogens with zero attached hydrogens (tertiary/aromatic N) is 1. The van der Waals surface area contributed by atoms with E-state index in [1.807, 2.05) is 33.9 Å². The number of benzene rings is 2. The molecule has 17 heteroatoms. The molecule has 1 saturated heterocycles. The van der Waals surface area contributed by atoms with Crippen molar-refractivity contribution in [2.45, 2.75) is 101 Å². The second kappa shape index (κ2) is 17.5. The number of carbonyl (C=O) groups excluding carboxylic acids is 4. The van der Waals surface area contributed by atoms with Crippen molar-refractivity contribution in [3.8, 4) is 5.75 Å². The Labute approximate surface area is 325 Å². The maximum absolute atomic E-state index is 15.6. The molecule has 1 fully saturated rings. The number of sulfone groups is 1. The summed E-state index contributed by atoms with van der Waals surface area (Å²) >= 11 is 5.91. The van der Waals surface area contributed by atoms with E-state index in [2.05, 4.69) is 0 Å². The normalized spacial score (nSPS) is 18.3. The molecule has 9 nitrogen and oxygen atoms in total. The fourth-order valence-corrected chi connectivity index (χ4v) is 9.04. The lowest BCUT2D eigenvalue weighted by Crippen LogP contribution is -2.49. The summed E-state index contributed by atoms with van der Waals surface area (Å²) in [5.74, 6) is -14.5. The SMILES string of the molecule is COc1ccc(CS(=O)(=O)[C@@H]2C[C@@H](C(=O)C[C@H](C(=O)C(F)(F)F)C(C)C)N(C(=O)[C@H](CO[Si](C)(C)C(C)(C)C)CC(=O)C(F)(F)c3cccc(Cl)c3)C2)cc1. The Hall–Kier alpha value is -3.21. The van der Waals surface area contributed by atoms with Crippen molar-refractivity contribution in [2.24, 2.45) is 17.8 Å². The summed E-state index contributed by atoms with van der Waals surface area (Å²) in [5.41, 5.74) is -0.381. The fraction of sp³-hybridized carbons (Fsp3) is 0.579. The molecule has 4 atom stereocenters. The number of carbonyl (C=O) groups is 4. The standard InChI is InChI=1S/C38H49ClF5NO8SSi/c1-23(2)30(34(48)38(42,43)44)19-32(46)31-18-29(54(50,51)22-24-12-14-28(52-6)15-13-24)20-45(31)35(49)25(21-53-55(7,8)36(3,4)5)16-33(47)37(40,41)26-10-9-11-27(39)17-26/h9-15,17,23,25,29-31H,16,18-22H2,1-8H3/t25-,29+,30-,31-/m0/s1. The lowest BCUT2D eigenvalue weighted by Gasteiger charge is -2.38. The summed E-state index contributed by atoms with van der Waals surface area (Å²) in [6.45, 7) is 10.8. The number of likely N-dealkylation sites (tertiary alicyclic amines) is 1. The van der Waals surface area contributed by atoms with Crippen LogP contribution in [0.1, 0.15) is 65.0 Å². The van der Waals surface area contributed by atoms with Crippen molar-refractivity contribution in [2.75, 3.05) is 20.3 Å². The molecule has 1 aliphatic heterocycles. The molecule has 0 bridgehead atoms. The van der Waals surface area contributed by atoms with Crippen LogP contribution in [0.3, 0.4) is 0 Å². The van der Waals surface area contributed by atoms with E-state index in [0.717, 1.165) is 17.0 Å². The first-order valence-electron chi connectivity index (χ1n) is 17.7. The molecule has 0 unspecified atom stereocenters. The van der Waals surface area contributed by atoms with Crippen molar-refractivity contribution >= 4 is 53.0 Å². The van der Waals surface area contributed by atoms with Gasteiger partial charge in [0, 0.05) is 42.5 Å². The first kappa shape index (κ1) is 46.2. The van der Waals surface area contributed by atoms with E-state index in [9.17, 15) is 40.8 Å². The van der Waals surface area contributed by atoms with E-state index in [4.69, 9.17) is 20.8 Å². The summed E-state index contributed by atoms with van der Waals surface area (Å²) in [4.78, 5) is 55.1. The van der Waals surface area contributed by atoms with Crippen LogP contribution in [0.25, 0.3) is 0 Å². The number of Topliss-reactive ketones (excluding diaryl/α,β-unsaturated/α-hetero) is 3. The Kier molecular flexibility index (Phi) is 14.7. The van der Waals surface area contributed by atoms with Gasteiger partial charge < -0.3 is 14.1 Å². The third-order valence-electron chi connectivity index (χ3n) is 10.6. The lowest BCUT2D eigenvalue weighted by atomic mass is 9.84. The molecule has 1 aliphatic rings. The first-order valence-corrected chi connectivity index (χ1v) is 22.7. The van der Waals surface area contributed by atoms with Gasteiger partial charge in [-0.1, -0.05) is 70.5 Å². The summed E-state index contributed by atoms with van der Waals surface area (Å²) in [6.07, 6.45) is -7.86. The second-order valence-corrected chi connectivity index (χ2v) is 23.4. The zero-order valence-electron chi connectivity index (χ0n) is 32.1. The number of halogens is 6. The van der Waals surface area contributed by atoms with Crippen LogP contribution in [0.15, 0.2) is 48.5 Å². The summed E-state index contributed by atoms with van der Waals surface area (Å²) in [5, 5.41) is -1.91. The molecule has 1 heterocycles. The van der Waals surface area contributed by atoms with Crippen molar-refractivity contribution in [1.29, 1.82) is 0 Å². The number of hydrogen-bond acceptors (Lipinski definition) is 8. The number of methoxy groups -OCH3 is 1. The quantitative estimate of drug-likeness (QED) is 0.116. The van der Waals surface area contributed by atoms with E-state index < -0.39 is 131 Å². The van der Waals surface area contributed by atoms with E-state index >= 15 is 8.78 Å². The van der Waals surface area contributed by atoms with Gasteiger partial charge in [-0.15, -0.1) is 0 Å². The minimum absolute atomic E-state index is 0.0668. The lowest BCUT2D eigenvalue weighted by molar-refractivity contribution is -0.177. The number of hydrogen-bond donors (Lipinski definition) is 0. The maximum Gasteiger partial charge on any atom is 0.450 e. The minimum atomic E-state index is -5.27. The van der Waals surface area contributed by atoms with E-state index in [0.29, 0.717) is 11.3 Å². The summed E-state index contributed by atoms with van der Waals surface area (Å²) < 4.78 is 111. The molecule has 0 N–H and O–H groups in total. The Bertz CT molecular complexity index is 1830. The van der Waals surface area contributed by atoms with Crippen LogP contribution in [-0.2, 0) is 45.1 Å². The molecule has 306 valence electrons. The van der Waals surface area contributed by atoms with E-state index in [1.54, 1.807) is 0 Å². The zero-order valence-corrected chi connectivity index (χ0v) is 34.7. The highest BCUT2D eigenvalue weighted by Crippen LogP contribution is 2.39. The number of ether oxygens (including phenoxy) is 1. The third-order valence-corrected chi connectivity index (χ3v) is 17.4. The number of alkyl halides is 5. The topological polar surface area (TPSA) is 124 Å². The van der Waals surface area contributed by atoms with Gasteiger partial charge in [-0.3, -0.25) is 19.2 Å². The molecular weight excluding hydrogens is 789 g/mol. The zero-order chi connectivity index (χ0) is 41.9. The largest absolute Gasteiger partial charge is 0.497 e. The molecule has 0 aromatic heterocycles. The average Bonchev–Trinajstić information content (AvgIpc) is 3.54.